The van der Waals surface area contributed by atoms with Crippen LogP contribution in [0.3, 0.4) is 0 Å². The Morgan fingerprint density at radius 2 is 2.14 bits per heavy atom. The Morgan fingerprint density at radius 3 is 2.76 bits per heavy atom. The molecule has 0 spiro atoms. The van der Waals surface area contributed by atoms with Crippen LogP contribution in [0.4, 0.5) is 0 Å². The van der Waals surface area contributed by atoms with Crippen molar-refractivity contribution in [3.8, 4) is 0 Å². The fourth-order valence-electron chi connectivity index (χ4n) is 3.00. The van der Waals surface area contributed by atoms with E-state index in [1.807, 2.05) is 11.9 Å². The summed E-state index contributed by atoms with van der Waals surface area (Å²) in [6.07, 6.45) is 4.60. The van der Waals surface area contributed by atoms with Crippen molar-refractivity contribution in [3.63, 3.8) is 0 Å². The molecule has 1 unspecified atom stereocenters. The summed E-state index contributed by atoms with van der Waals surface area (Å²) < 4.78 is 5.40. The third-order valence-electron chi connectivity index (χ3n) is 4.24. The zero-order chi connectivity index (χ0) is 15.1. The van der Waals surface area contributed by atoms with E-state index in [1.54, 1.807) is 7.05 Å². The SMILES string of the molecule is CN=C(NCC(=O)N1CCCCC1)N(C)CC1CCOC1. The van der Waals surface area contributed by atoms with Crippen LogP contribution in [0, 0.1) is 5.92 Å². The van der Waals surface area contributed by atoms with E-state index in [9.17, 15) is 4.79 Å². The van der Waals surface area contributed by atoms with Gasteiger partial charge < -0.3 is 19.9 Å². The van der Waals surface area contributed by atoms with Crippen LogP contribution in [0.1, 0.15) is 25.7 Å². The molecule has 1 N–H and O–H groups in total. The molecule has 0 aliphatic carbocycles. The van der Waals surface area contributed by atoms with Gasteiger partial charge in [-0.1, -0.05) is 0 Å². The molecule has 1 atom stereocenters. The van der Waals surface area contributed by atoms with Gasteiger partial charge in [-0.15, -0.1) is 0 Å². The van der Waals surface area contributed by atoms with Gasteiger partial charge in [0.15, 0.2) is 5.96 Å². The number of likely N-dealkylation sites (tertiary alicyclic amines) is 1. The Hall–Kier alpha value is -1.30. The van der Waals surface area contributed by atoms with Crippen molar-refractivity contribution in [3.05, 3.63) is 0 Å². The molecule has 0 bridgehead atoms. The summed E-state index contributed by atoms with van der Waals surface area (Å²) in [5.74, 6) is 1.52. The van der Waals surface area contributed by atoms with Crippen molar-refractivity contribution >= 4 is 11.9 Å². The highest BCUT2D eigenvalue weighted by atomic mass is 16.5. The van der Waals surface area contributed by atoms with Gasteiger partial charge in [0.25, 0.3) is 0 Å². The van der Waals surface area contributed by atoms with Gasteiger partial charge in [-0.2, -0.15) is 0 Å². The van der Waals surface area contributed by atoms with Crippen LogP contribution in [0.25, 0.3) is 0 Å². The monoisotopic (exact) mass is 296 g/mol. The zero-order valence-electron chi connectivity index (χ0n) is 13.3. The van der Waals surface area contributed by atoms with Gasteiger partial charge in [0.05, 0.1) is 13.2 Å². The summed E-state index contributed by atoms with van der Waals surface area (Å²) >= 11 is 0. The number of amides is 1. The predicted molar refractivity (Wildman–Crippen MR) is 83.3 cm³/mol. The number of carbonyl (C=O) groups excluding carboxylic acids is 1. The summed E-state index contributed by atoms with van der Waals surface area (Å²) in [5.41, 5.74) is 0. The highest BCUT2D eigenvalue weighted by molar-refractivity contribution is 5.86. The van der Waals surface area contributed by atoms with Gasteiger partial charge in [-0.05, 0) is 25.7 Å². The van der Waals surface area contributed by atoms with E-state index in [4.69, 9.17) is 4.74 Å². The van der Waals surface area contributed by atoms with Crippen molar-refractivity contribution in [2.75, 3.05) is 53.5 Å². The number of hydrogen-bond acceptors (Lipinski definition) is 3. The number of nitrogens with one attached hydrogen (secondary N) is 1. The maximum absolute atomic E-state index is 12.2. The van der Waals surface area contributed by atoms with Gasteiger partial charge in [0, 0.05) is 46.3 Å². The van der Waals surface area contributed by atoms with E-state index in [0.29, 0.717) is 12.5 Å². The molecule has 2 saturated heterocycles. The number of rotatable bonds is 4. The number of aliphatic imine (C=N–C) groups is 1. The maximum atomic E-state index is 12.2. The van der Waals surface area contributed by atoms with Crippen molar-refractivity contribution in [2.45, 2.75) is 25.7 Å². The van der Waals surface area contributed by atoms with Gasteiger partial charge in [-0.25, -0.2) is 0 Å². The Labute approximate surface area is 127 Å². The first kappa shape index (κ1) is 16.1. The van der Waals surface area contributed by atoms with Gasteiger partial charge in [0.2, 0.25) is 5.91 Å². The normalized spacial score (nSPS) is 23.2. The summed E-state index contributed by atoms with van der Waals surface area (Å²) in [7, 11) is 3.77. The second kappa shape index (κ2) is 8.22. The highest BCUT2D eigenvalue weighted by Gasteiger charge is 2.20. The highest BCUT2D eigenvalue weighted by Crippen LogP contribution is 2.13. The number of guanidine groups is 1. The Bertz CT molecular complexity index is 361. The van der Waals surface area contributed by atoms with Crippen molar-refractivity contribution < 1.29 is 9.53 Å². The van der Waals surface area contributed by atoms with Crippen LogP contribution >= 0.6 is 0 Å². The number of nitrogens with zero attached hydrogens (tertiary/aromatic N) is 3. The smallest absolute Gasteiger partial charge is 0.241 e. The first-order chi connectivity index (χ1) is 10.2. The summed E-state index contributed by atoms with van der Waals surface area (Å²) in [6, 6.07) is 0. The molecule has 2 rings (SSSR count). The molecule has 6 nitrogen and oxygen atoms in total. The molecule has 0 aromatic carbocycles. The first-order valence-corrected chi connectivity index (χ1v) is 7.98. The largest absolute Gasteiger partial charge is 0.381 e. The third kappa shape index (κ3) is 4.88. The molecule has 120 valence electrons. The number of carbonyl (C=O) groups is 1. The molecule has 2 aliphatic heterocycles. The minimum absolute atomic E-state index is 0.174. The molecule has 2 aliphatic rings. The van der Waals surface area contributed by atoms with E-state index in [-0.39, 0.29) is 5.91 Å². The van der Waals surface area contributed by atoms with E-state index < -0.39 is 0 Å². The predicted octanol–water partition coefficient (Wildman–Crippen LogP) is 0.543. The molecule has 1 amide bonds. The standard InChI is InChI=1S/C15H28N4O2/c1-16-15(18(2)11-13-6-9-21-12-13)17-10-14(20)19-7-4-3-5-8-19/h13H,3-12H2,1-2H3,(H,16,17). The van der Waals surface area contributed by atoms with E-state index >= 15 is 0 Å². The molecule has 0 aromatic rings. The van der Waals surface area contributed by atoms with Gasteiger partial charge in [-0.3, -0.25) is 9.79 Å². The molecular weight excluding hydrogens is 268 g/mol. The van der Waals surface area contributed by atoms with E-state index in [1.165, 1.54) is 6.42 Å². The average molecular weight is 296 g/mol. The Kier molecular flexibility index (Phi) is 6.29. The van der Waals surface area contributed by atoms with E-state index in [2.05, 4.69) is 15.2 Å². The lowest BCUT2D eigenvalue weighted by Gasteiger charge is -2.28. The summed E-state index contributed by atoms with van der Waals surface area (Å²) in [5, 5.41) is 3.18. The molecule has 21 heavy (non-hydrogen) atoms. The Morgan fingerprint density at radius 1 is 1.38 bits per heavy atom. The van der Waals surface area contributed by atoms with Gasteiger partial charge in [0.1, 0.15) is 0 Å². The molecule has 2 heterocycles. The number of hydrogen-bond donors (Lipinski definition) is 1. The lowest BCUT2D eigenvalue weighted by molar-refractivity contribution is -0.130. The van der Waals surface area contributed by atoms with Crippen LogP contribution in [0.15, 0.2) is 4.99 Å². The molecular formula is C15H28N4O2. The second-order valence-electron chi connectivity index (χ2n) is 5.95. The zero-order valence-corrected chi connectivity index (χ0v) is 13.3. The molecule has 0 radical (unpaired) electrons. The average Bonchev–Trinajstić information content (AvgIpc) is 3.01. The van der Waals surface area contributed by atoms with Gasteiger partial charge >= 0.3 is 0 Å². The molecule has 6 heteroatoms. The lowest BCUT2D eigenvalue weighted by Crippen LogP contribution is -2.47. The summed E-state index contributed by atoms with van der Waals surface area (Å²) in [4.78, 5) is 20.5. The van der Waals surface area contributed by atoms with Crippen molar-refractivity contribution in [1.29, 1.82) is 0 Å². The fourth-order valence-corrected chi connectivity index (χ4v) is 3.00. The second-order valence-corrected chi connectivity index (χ2v) is 5.95. The number of ether oxygens (including phenoxy) is 1. The Balaban J connectivity index is 1.74. The topological polar surface area (TPSA) is 57.2 Å². The van der Waals surface area contributed by atoms with E-state index in [0.717, 1.165) is 58.1 Å². The molecule has 0 saturated carbocycles. The molecule has 0 aromatic heterocycles. The van der Waals surface area contributed by atoms with Crippen LogP contribution in [0.2, 0.25) is 0 Å². The van der Waals surface area contributed by atoms with Crippen LogP contribution < -0.4 is 5.32 Å². The van der Waals surface area contributed by atoms with Crippen LogP contribution in [-0.2, 0) is 9.53 Å². The van der Waals surface area contributed by atoms with Crippen molar-refractivity contribution in [2.24, 2.45) is 10.9 Å². The molecule has 2 fully saturated rings. The summed E-state index contributed by atoms with van der Waals surface area (Å²) in [6.45, 7) is 4.73. The maximum Gasteiger partial charge on any atom is 0.241 e. The minimum atomic E-state index is 0.174. The van der Waals surface area contributed by atoms with Crippen LogP contribution in [0.5, 0.6) is 0 Å². The van der Waals surface area contributed by atoms with Crippen molar-refractivity contribution in [1.82, 2.24) is 15.1 Å². The quantitative estimate of drug-likeness (QED) is 0.608. The third-order valence-corrected chi connectivity index (χ3v) is 4.24. The number of piperidine rings is 1. The first-order valence-electron chi connectivity index (χ1n) is 7.98. The van der Waals surface area contributed by atoms with Crippen LogP contribution in [-0.4, -0.2) is 75.2 Å². The fraction of sp³-hybridized carbons (Fsp3) is 0.867. The lowest BCUT2D eigenvalue weighted by atomic mass is 10.1. The minimum Gasteiger partial charge on any atom is -0.381 e.